The van der Waals surface area contributed by atoms with Crippen LogP contribution in [-0.4, -0.2) is 41.4 Å². The Morgan fingerprint density at radius 1 is 1.06 bits per heavy atom. The summed E-state index contributed by atoms with van der Waals surface area (Å²) in [6.45, 7) is 24.2. The van der Waals surface area contributed by atoms with Gasteiger partial charge in [-0.05, 0) is 68.4 Å². The molecule has 0 radical (unpaired) electrons. The molecule has 35 heavy (non-hydrogen) atoms. The Morgan fingerprint density at radius 2 is 1.60 bits per heavy atom. The molecule has 0 aromatic carbocycles. The second-order valence-corrected chi connectivity index (χ2v) is 13.8. The number of Topliss-reactive ketones (excluding diaryl/α,β-unsaturated/α-hetero) is 1. The van der Waals surface area contributed by atoms with E-state index in [1.54, 1.807) is 34.7 Å². The summed E-state index contributed by atoms with van der Waals surface area (Å²) in [6.07, 6.45) is 2.35. The van der Waals surface area contributed by atoms with Crippen molar-refractivity contribution in [3.8, 4) is 0 Å². The van der Waals surface area contributed by atoms with Crippen LogP contribution < -0.4 is 5.73 Å². The van der Waals surface area contributed by atoms with E-state index in [0.29, 0.717) is 18.9 Å². The Bertz CT molecular complexity index is 757. The maximum absolute atomic E-state index is 12.7. The molecule has 1 heterocycles. The number of nitrogens with two attached hydrogens (primary N) is 1. The number of carbonyl (C=O) groups is 3. The molecule has 0 saturated carbocycles. The Hall–Kier alpha value is -1.38. The second kappa shape index (κ2) is 15.7. The van der Waals surface area contributed by atoms with Gasteiger partial charge in [-0.1, -0.05) is 65.3 Å². The Labute approximate surface area is 221 Å². The fraction of sp³-hybridized carbons (Fsp3) is 0.704. The number of esters is 1. The molecule has 0 fully saturated rings. The van der Waals surface area contributed by atoms with Gasteiger partial charge in [0.2, 0.25) is 0 Å². The van der Waals surface area contributed by atoms with Gasteiger partial charge in [0.1, 0.15) is 24.2 Å². The highest BCUT2D eigenvalue weighted by Crippen LogP contribution is 2.45. The Morgan fingerprint density at radius 3 is 1.94 bits per heavy atom. The van der Waals surface area contributed by atoms with Gasteiger partial charge >= 0.3 is 5.97 Å². The van der Waals surface area contributed by atoms with Crippen molar-refractivity contribution in [2.24, 2.45) is 27.9 Å². The molecule has 1 rings (SSSR count). The predicted molar refractivity (Wildman–Crippen MR) is 150 cm³/mol. The van der Waals surface area contributed by atoms with Gasteiger partial charge < -0.3 is 15.3 Å². The molecule has 202 valence electrons. The first-order valence-corrected chi connectivity index (χ1v) is 14.1. The van der Waals surface area contributed by atoms with Gasteiger partial charge in [-0.3, -0.25) is 9.59 Å². The molecule has 0 aliphatic heterocycles. The van der Waals surface area contributed by atoms with Crippen molar-refractivity contribution in [3.63, 3.8) is 0 Å². The van der Waals surface area contributed by atoms with Crippen molar-refractivity contribution >= 4 is 40.1 Å². The molecule has 6 nitrogen and oxygen atoms in total. The van der Waals surface area contributed by atoms with Gasteiger partial charge in [0, 0.05) is 22.9 Å². The van der Waals surface area contributed by atoms with E-state index in [0.717, 1.165) is 10.8 Å². The zero-order valence-electron chi connectivity index (χ0n) is 23.7. The molecule has 8 heteroatoms. The summed E-state index contributed by atoms with van der Waals surface area (Å²) in [6, 6.07) is 5.81. The predicted octanol–water partition coefficient (Wildman–Crippen LogP) is 6.62. The zero-order chi connectivity index (χ0) is 28.1. The first-order chi connectivity index (χ1) is 15.8. The fourth-order valence-electron chi connectivity index (χ4n) is 2.79. The number of hydrogen-bond acceptors (Lipinski definition) is 8. The standard InChI is InChI=1S/C18H30N2O2S2.C8H16O.CH2O/c1-16(2,3)18(6,13-17(4,5)19)15(21)22-11-12-23-24-14-9-7-8-10-20-14;1-6(2)8(4,5)7(3)9;1-2/h7-10H,11-13,19H2,1-6H3;6H,1-5H3;1H2. The van der Waals surface area contributed by atoms with Crippen LogP contribution in [0.1, 0.15) is 82.6 Å². The lowest BCUT2D eigenvalue weighted by Gasteiger charge is -2.43. The number of ketones is 1. The first-order valence-electron chi connectivity index (χ1n) is 11.8. The average molecular weight is 529 g/mol. The minimum Gasteiger partial charge on any atom is -0.464 e. The van der Waals surface area contributed by atoms with Crippen molar-refractivity contribution < 1.29 is 19.1 Å². The quantitative estimate of drug-likeness (QED) is 0.205. The maximum Gasteiger partial charge on any atom is 0.312 e. The number of rotatable bonds is 10. The molecular formula is C27H48N2O4S2. The van der Waals surface area contributed by atoms with Crippen LogP contribution in [0.5, 0.6) is 0 Å². The van der Waals surface area contributed by atoms with Crippen molar-refractivity contribution in [2.75, 3.05) is 12.4 Å². The smallest absolute Gasteiger partial charge is 0.312 e. The molecule has 0 aliphatic carbocycles. The summed E-state index contributed by atoms with van der Waals surface area (Å²) in [5, 5.41) is 0.957. The molecule has 1 atom stereocenters. The highest BCUT2D eigenvalue weighted by molar-refractivity contribution is 8.76. The molecule has 0 amide bonds. The molecule has 0 aliphatic rings. The van der Waals surface area contributed by atoms with E-state index in [1.165, 1.54) is 0 Å². The van der Waals surface area contributed by atoms with Crippen LogP contribution in [0.3, 0.4) is 0 Å². The highest BCUT2D eigenvalue weighted by atomic mass is 33.1. The van der Waals surface area contributed by atoms with Gasteiger partial charge in [0.25, 0.3) is 0 Å². The third-order valence-electron chi connectivity index (χ3n) is 6.45. The van der Waals surface area contributed by atoms with E-state index < -0.39 is 11.0 Å². The van der Waals surface area contributed by atoms with Crippen LogP contribution in [0.25, 0.3) is 0 Å². The van der Waals surface area contributed by atoms with Crippen molar-refractivity contribution in [1.82, 2.24) is 4.98 Å². The molecule has 0 spiro atoms. The molecule has 1 unspecified atom stereocenters. The van der Waals surface area contributed by atoms with Crippen LogP contribution in [0.4, 0.5) is 0 Å². The van der Waals surface area contributed by atoms with E-state index in [1.807, 2.05) is 59.6 Å². The number of aromatic nitrogens is 1. The van der Waals surface area contributed by atoms with Crippen LogP contribution in [0.15, 0.2) is 29.4 Å². The van der Waals surface area contributed by atoms with Crippen LogP contribution in [0.2, 0.25) is 0 Å². The minimum absolute atomic E-state index is 0.139. The minimum atomic E-state index is -0.621. The van der Waals surface area contributed by atoms with Crippen molar-refractivity contribution in [2.45, 2.75) is 93.1 Å². The van der Waals surface area contributed by atoms with E-state index >= 15 is 0 Å². The number of carbonyl (C=O) groups excluding carboxylic acids is 3. The van der Waals surface area contributed by atoms with Crippen LogP contribution in [0, 0.1) is 22.2 Å². The molecule has 0 bridgehead atoms. The molecular weight excluding hydrogens is 480 g/mol. The largest absolute Gasteiger partial charge is 0.464 e. The summed E-state index contributed by atoms with van der Waals surface area (Å²) < 4.78 is 5.57. The van der Waals surface area contributed by atoms with E-state index in [2.05, 4.69) is 39.6 Å². The summed E-state index contributed by atoms with van der Waals surface area (Å²) in [7, 11) is 3.22. The summed E-state index contributed by atoms with van der Waals surface area (Å²) in [4.78, 5) is 35.9. The summed E-state index contributed by atoms with van der Waals surface area (Å²) >= 11 is 0. The van der Waals surface area contributed by atoms with E-state index in [-0.39, 0.29) is 22.6 Å². The second-order valence-electron chi connectivity index (χ2n) is 11.4. The zero-order valence-corrected chi connectivity index (χ0v) is 25.3. The van der Waals surface area contributed by atoms with Gasteiger partial charge in [0.05, 0.1) is 5.41 Å². The number of ether oxygens (including phenoxy) is 1. The lowest BCUT2D eigenvalue weighted by atomic mass is 9.63. The summed E-state index contributed by atoms with van der Waals surface area (Å²) in [5.74, 6) is 1.27. The van der Waals surface area contributed by atoms with Crippen molar-refractivity contribution in [3.05, 3.63) is 24.4 Å². The monoisotopic (exact) mass is 528 g/mol. The molecule has 1 aromatic heterocycles. The Balaban J connectivity index is 0. The van der Waals surface area contributed by atoms with Gasteiger partial charge in [-0.15, -0.1) is 0 Å². The number of hydrogen-bond donors (Lipinski definition) is 1. The lowest BCUT2D eigenvalue weighted by molar-refractivity contribution is -0.163. The highest BCUT2D eigenvalue weighted by Gasteiger charge is 2.47. The normalized spacial score (nSPS) is 13.5. The topological polar surface area (TPSA) is 99.3 Å². The van der Waals surface area contributed by atoms with Crippen LogP contribution in [-0.2, 0) is 19.1 Å². The van der Waals surface area contributed by atoms with Gasteiger partial charge in [-0.25, -0.2) is 4.98 Å². The average Bonchev–Trinajstić information content (AvgIpc) is 2.73. The van der Waals surface area contributed by atoms with Crippen LogP contribution >= 0.6 is 21.6 Å². The first kappa shape index (κ1) is 35.8. The molecule has 2 N–H and O–H groups in total. The fourth-order valence-corrected chi connectivity index (χ4v) is 4.49. The SMILES string of the molecule is C=O.CC(=O)C(C)(C)C(C)C.CC(C)(N)CC(C)(C(=O)OCCSSc1ccccn1)C(C)(C)C. The van der Waals surface area contributed by atoms with Crippen molar-refractivity contribution in [1.29, 1.82) is 0 Å². The Kier molecular flexibility index (Phi) is 16.0. The molecule has 0 saturated heterocycles. The number of pyridine rings is 1. The third kappa shape index (κ3) is 13.5. The van der Waals surface area contributed by atoms with Gasteiger partial charge in [-0.2, -0.15) is 0 Å². The van der Waals surface area contributed by atoms with Gasteiger partial charge in [0.15, 0.2) is 0 Å². The third-order valence-corrected chi connectivity index (χ3v) is 8.68. The maximum atomic E-state index is 12.7. The number of nitrogens with zero attached hydrogens (tertiary/aromatic N) is 1. The van der Waals surface area contributed by atoms with E-state index in [4.69, 9.17) is 15.3 Å². The van der Waals surface area contributed by atoms with E-state index in [9.17, 15) is 9.59 Å². The summed E-state index contributed by atoms with van der Waals surface area (Å²) in [5.41, 5.74) is 4.76. The lowest BCUT2D eigenvalue weighted by Crippen LogP contribution is -2.49. The molecule has 1 aromatic rings.